The average Bonchev–Trinajstić information content (AvgIpc) is 2.62. The van der Waals surface area contributed by atoms with E-state index in [2.05, 4.69) is 5.32 Å². The fraction of sp³-hybridized carbons (Fsp3) is 0.278. The Bertz CT molecular complexity index is 738. The number of nitro benzene ring substituents is 1. The molecule has 0 heterocycles. The highest BCUT2D eigenvalue weighted by atomic mass is 16.6. The van der Waals surface area contributed by atoms with Crippen LogP contribution in [0.15, 0.2) is 48.5 Å². The lowest BCUT2D eigenvalue weighted by Gasteiger charge is -2.20. The Hall–Kier alpha value is -2.75. The van der Waals surface area contributed by atoms with Crippen LogP contribution in [0.5, 0.6) is 0 Å². The second-order valence-corrected chi connectivity index (χ2v) is 5.47. The van der Waals surface area contributed by atoms with Gasteiger partial charge in [0.05, 0.1) is 22.7 Å². The van der Waals surface area contributed by atoms with Gasteiger partial charge in [0.1, 0.15) is 0 Å². The third-order valence-corrected chi connectivity index (χ3v) is 3.87. The van der Waals surface area contributed by atoms with Crippen LogP contribution in [-0.2, 0) is 0 Å². The van der Waals surface area contributed by atoms with Crippen molar-refractivity contribution in [3.05, 3.63) is 75.3 Å². The number of nitriles is 1. The first-order chi connectivity index (χ1) is 11.5. The van der Waals surface area contributed by atoms with E-state index < -0.39 is 11.0 Å². The quantitative estimate of drug-likeness (QED) is 0.601. The Balaban J connectivity index is 2.03. The predicted molar refractivity (Wildman–Crippen MR) is 90.2 cm³/mol. The van der Waals surface area contributed by atoms with Gasteiger partial charge in [-0.05, 0) is 29.7 Å². The van der Waals surface area contributed by atoms with Gasteiger partial charge in [-0.3, -0.25) is 10.1 Å². The Morgan fingerprint density at radius 3 is 2.54 bits per heavy atom. The summed E-state index contributed by atoms with van der Waals surface area (Å²) in [7, 11) is 0. The van der Waals surface area contributed by atoms with Crippen molar-refractivity contribution in [3.63, 3.8) is 0 Å². The number of hydrogen-bond acceptors (Lipinski definition) is 5. The molecule has 0 radical (unpaired) electrons. The van der Waals surface area contributed by atoms with Crippen LogP contribution in [-0.4, -0.2) is 16.6 Å². The third kappa shape index (κ3) is 4.38. The van der Waals surface area contributed by atoms with Gasteiger partial charge < -0.3 is 10.4 Å². The Labute approximate surface area is 140 Å². The summed E-state index contributed by atoms with van der Waals surface area (Å²) in [5.74, 6) is 0. The molecule has 2 unspecified atom stereocenters. The number of aliphatic hydroxyl groups excluding tert-OH is 1. The van der Waals surface area contributed by atoms with Crippen molar-refractivity contribution in [2.45, 2.75) is 25.5 Å². The topological polar surface area (TPSA) is 99.2 Å². The van der Waals surface area contributed by atoms with E-state index in [9.17, 15) is 15.2 Å². The lowest BCUT2D eigenvalue weighted by atomic mass is 10.0. The van der Waals surface area contributed by atoms with Crippen molar-refractivity contribution in [1.82, 2.24) is 5.32 Å². The number of nitrogens with zero attached hydrogens (tertiary/aromatic N) is 2. The fourth-order valence-corrected chi connectivity index (χ4v) is 2.50. The first-order valence-corrected chi connectivity index (χ1v) is 7.71. The molecule has 0 saturated carbocycles. The SMILES string of the molecule is CCC(NCC(O)c1ccc(C#N)cc1)c1cccc([N+](=O)[O-])c1. The van der Waals surface area contributed by atoms with Gasteiger partial charge in [-0.2, -0.15) is 5.26 Å². The number of non-ortho nitro benzene ring substituents is 1. The summed E-state index contributed by atoms with van der Waals surface area (Å²) in [6.45, 7) is 2.29. The summed E-state index contributed by atoms with van der Waals surface area (Å²) >= 11 is 0. The molecule has 0 aliphatic rings. The molecular weight excluding hydrogens is 306 g/mol. The molecule has 0 bridgehead atoms. The molecule has 124 valence electrons. The minimum Gasteiger partial charge on any atom is -0.387 e. The normalized spacial score (nSPS) is 13.0. The van der Waals surface area contributed by atoms with Crippen molar-refractivity contribution in [1.29, 1.82) is 5.26 Å². The van der Waals surface area contributed by atoms with Crippen molar-refractivity contribution >= 4 is 5.69 Å². The maximum absolute atomic E-state index is 10.9. The molecule has 24 heavy (non-hydrogen) atoms. The van der Waals surface area contributed by atoms with E-state index in [1.54, 1.807) is 36.4 Å². The highest BCUT2D eigenvalue weighted by molar-refractivity contribution is 5.36. The molecule has 2 aromatic carbocycles. The minimum atomic E-state index is -0.717. The van der Waals surface area contributed by atoms with Crippen LogP contribution >= 0.6 is 0 Å². The van der Waals surface area contributed by atoms with Gasteiger partial charge in [-0.25, -0.2) is 0 Å². The zero-order chi connectivity index (χ0) is 17.5. The van der Waals surface area contributed by atoms with Crippen molar-refractivity contribution in [3.8, 4) is 6.07 Å². The lowest BCUT2D eigenvalue weighted by molar-refractivity contribution is -0.384. The molecule has 0 fully saturated rings. The summed E-state index contributed by atoms with van der Waals surface area (Å²) in [6.07, 6.45) is 0.0202. The van der Waals surface area contributed by atoms with Crippen LogP contribution in [0.2, 0.25) is 0 Å². The molecule has 0 amide bonds. The van der Waals surface area contributed by atoms with E-state index in [-0.39, 0.29) is 11.7 Å². The third-order valence-electron chi connectivity index (χ3n) is 3.87. The maximum atomic E-state index is 10.9. The summed E-state index contributed by atoms with van der Waals surface area (Å²) in [5, 5.41) is 33.2. The van der Waals surface area contributed by atoms with Gasteiger partial charge in [0, 0.05) is 24.7 Å². The van der Waals surface area contributed by atoms with Crippen molar-refractivity contribution in [2.75, 3.05) is 6.54 Å². The average molecular weight is 325 g/mol. The number of nitro groups is 1. The van der Waals surface area contributed by atoms with Crippen LogP contribution in [0.4, 0.5) is 5.69 Å². The van der Waals surface area contributed by atoms with Gasteiger partial charge in [-0.1, -0.05) is 31.2 Å². The first kappa shape index (κ1) is 17.6. The Morgan fingerprint density at radius 1 is 1.25 bits per heavy atom. The molecule has 6 nitrogen and oxygen atoms in total. The molecule has 0 spiro atoms. The zero-order valence-electron chi connectivity index (χ0n) is 13.3. The molecule has 0 aliphatic carbocycles. The highest BCUT2D eigenvalue weighted by Gasteiger charge is 2.15. The zero-order valence-corrected chi connectivity index (χ0v) is 13.3. The summed E-state index contributed by atoms with van der Waals surface area (Å²) < 4.78 is 0. The van der Waals surface area contributed by atoms with E-state index in [4.69, 9.17) is 5.26 Å². The molecule has 0 aliphatic heterocycles. The van der Waals surface area contributed by atoms with E-state index in [0.717, 1.165) is 17.5 Å². The van der Waals surface area contributed by atoms with Crippen LogP contribution in [0.25, 0.3) is 0 Å². The maximum Gasteiger partial charge on any atom is 0.269 e. The second-order valence-electron chi connectivity index (χ2n) is 5.47. The predicted octanol–water partition coefficient (Wildman–Crippen LogP) is 3.24. The number of benzene rings is 2. The molecule has 2 atom stereocenters. The monoisotopic (exact) mass is 325 g/mol. The van der Waals surface area contributed by atoms with Gasteiger partial charge in [0.15, 0.2) is 0 Å². The van der Waals surface area contributed by atoms with E-state index in [0.29, 0.717) is 12.1 Å². The Morgan fingerprint density at radius 2 is 1.96 bits per heavy atom. The number of hydrogen-bond donors (Lipinski definition) is 2. The summed E-state index contributed by atoms with van der Waals surface area (Å²) in [6, 6.07) is 15.2. The van der Waals surface area contributed by atoms with Gasteiger partial charge in [-0.15, -0.1) is 0 Å². The molecular formula is C18H19N3O3. The fourth-order valence-electron chi connectivity index (χ4n) is 2.50. The van der Waals surface area contributed by atoms with Crippen molar-refractivity contribution < 1.29 is 10.0 Å². The van der Waals surface area contributed by atoms with Crippen LogP contribution < -0.4 is 5.32 Å². The van der Waals surface area contributed by atoms with Crippen LogP contribution in [0.1, 0.15) is 42.2 Å². The van der Waals surface area contributed by atoms with Crippen molar-refractivity contribution in [2.24, 2.45) is 0 Å². The van der Waals surface area contributed by atoms with E-state index in [1.165, 1.54) is 6.07 Å². The largest absolute Gasteiger partial charge is 0.387 e. The molecule has 2 N–H and O–H groups in total. The lowest BCUT2D eigenvalue weighted by Crippen LogP contribution is -2.26. The molecule has 0 aromatic heterocycles. The van der Waals surface area contributed by atoms with Gasteiger partial charge >= 0.3 is 0 Å². The molecule has 0 saturated heterocycles. The number of rotatable bonds is 7. The van der Waals surface area contributed by atoms with Gasteiger partial charge in [0.2, 0.25) is 0 Å². The molecule has 2 aromatic rings. The van der Waals surface area contributed by atoms with E-state index >= 15 is 0 Å². The van der Waals surface area contributed by atoms with E-state index in [1.807, 2.05) is 19.1 Å². The standard InChI is InChI=1S/C18H19N3O3/c1-2-17(15-4-3-5-16(10-15)21(23)24)20-12-18(22)14-8-6-13(11-19)7-9-14/h3-10,17-18,20,22H,2,12H2,1H3. The number of aliphatic hydroxyl groups is 1. The second kappa shape index (κ2) is 8.20. The summed E-state index contributed by atoms with van der Waals surface area (Å²) in [5.41, 5.74) is 2.14. The smallest absolute Gasteiger partial charge is 0.269 e. The minimum absolute atomic E-state index is 0.0559. The number of nitrogens with one attached hydrogen (secondary N) is 1. The molecule has 6 heteroatoms. The van der Waals surface area contributed by atoms with Gasteiger partial charge in [0.25, 0.3) is 5.69 Å². The van der Waals surface area contributed by atoms with Crippen LogP contribution in [0.3, 0.4) is 0 Å². The first-order valence-electron chi connectivity index (χ1n) is 7.71. The van der Waals surface area contributed by atoms with Crippen LogP contribution in [0, 0.1) is 21.4 Å². The highest BCUT2D eigenvalue weighted by Crippen LogP contribution is 2.22. The Kier molecular flexibility index (Phi) is 6.01. The molecule has 2 rings (SSSR count). The summed E-state index contributed by atoms with van der Waals surface area (Å²) in [4.78, 5) is 10.5.